The van der Waals surface area contributed by atoms with Crippen molar-refractivity contribution in [3.63, 3.8) is 0 Å². The van der Waals surface area contributed by atoms with Gasteiger partial charge >= 0.3 is 0 Å². The maximum atomic E-state index is 10.7. The first-order valence-corrected chi connectivity index (χ1v) is 8.48. The topological polar surface area (TPSA) is 26.7 Å². The third-order valence-electron chi connectivity index (χ3n) is 4.85. The molecule has 2 fully saturated rings. The normalized spacial score (nSPS) is 23.2. The minimum atomic E-state index is -0.434. The van der Waals surface area contributed by atoms with E-state index in [1.165, 1.54) is 24.9 Å². The van der Waals surface area contributed by atoms with Crippen LogP contribution in [0.2, 0.25) is 5.02 Å². The molecule has 116 valence electrons. The van der Waals surface area contributed by atoms with Crippen molar-refractivity contribution in [2.75, 3.05) is 37.6 Å². The lowest BCUT2D eigenvalue weighted by atomic mass is 9.84. The first-order valence-electron chi connectivity index (χ1n) is 8.10. The van der Waals surface area contributed by atoms with Crippen LogP contribution < -0.4 is 4.90 Å². The highest BCUT2D eigenvalue weighted by Gasteiger charge is 2.32. The zero-order valence-electron chi connectivity index (χ0n) is 12.6. The Bertz CT molecular complexity index is 466. The summed E-state index contributed by atoms with van der Waals surface area (Å²) in [6.45, 7) is 4.91. The average molecular weight is 309 g/mol. The summed E-state index contributed by atoms with van der Waals surface area (Å²) in [5.74, 6) is 0. The lowest BCUT2D eigenvalue weighted by Crippen LogP contribution is -2.52. The Labute approximate surface area is 132 Å². The van der Waals surface area contributed by atoms with Crippen molar-refractivity contribution in [3.8, 4) is 0 Å². The SMILES string of the molecule is OC1(CN2CCN(c3cccc(Cl)c3)CC2)CCCCC1. The summed E-state index contributed by atoms with van der Waals surface area (Å²) < 4.78 is 0. The van der Waals surface area contributed by atoms with Gasteiger partial charge in [-0.15, -0.1) is 0 Å². The molecule has 0 atom stereocenters. The van der Waals surface area contributed by atoms with Crippen LogP contribution in [0.15, 0.2) is 24.3 Å². The minimum absolute atomic E-state index is 0.434. The molecule has 2 aliphatic rings. The number of piperazine rings is 1. The molecular formula is C17H25ClN2O. The van der Waals surface area contributed by atoms with Crippen LogP contribution in [0.25, 0.3) is 0 Å². The summed E-state index contributed by atoms with van der Waals surface area (Å²) in [5.41, 5.74) is 0.773. The number of halogens is 1. The lowest BCUT2D eigenvalue weighted by Gasteiger charge is -2.41. The molecule has 21 heavy (non-hydrogen) atoms. The van der Waals surface area contributed by atoms with E-state index >= 15 is 0 Å². The van der Waals surface area contributed by atoms with Crippen molar-refractivity contribution in [1.29, 1.82) is 0 Å². The van der Waals surface area contributed by atoms with Crippen molar-refractivity contribution in [2.45, 2.75) is 37.7 Å². The van der Waals surface area contributed by atoms with Crippen molar-refractivity contribution in [2.24, 2.45) is 0 Å². The molecule has 0 spiro atoms. The van der Waals surface area contributed by atoms with Crippen LogP contribution in [-0.2, 0) is 0 Å². The molecule has 1 aromatic carbocycles. The van der Waals surface area contributed by atoms with Gasteiger partial charge < -0.3 is 10.0 Å². The van der Waals surface area contributed by atoms with Gasteiger partial charge in [-0.25, -0.2) is 0 Å². The van der Waals surface area contributed by atoms with Gasteiger partial charge in [-0.1, -0.05) is 36.9 Å². The standard InChI is InChI=1S/C17H25ClN2O/c18-15-5-4-6-16(13-15)20-11-9-19(10-12-20)14-17(21)7-2-1-3-8-17/h4-6,13,21H,1-3,7-12,14H2. The molecule has 1 saturated carbocycles. The van der Waals surface area contributed by atoms with Crippen molar-refractivity contribution < 1.29 is 5.11 Å². The molecule has 4 heteroatoms. The van der Waals surface area contributed by atoms with Crippen molar-refractivity contribution in [3.05, 3.63) is 29.3 Å². The number of aliphatic hydroxyl groups is 1. The molecule has 3 nitrogen and oxygen atoms in total. The molecular weight excluding hydrogens is 284 g/mol. The second kappa shape index (κ2) is 6.55. The van der Waals surface area contributed by atoms with Crippen molar-refractivity contribution in [1.82, 2.24) is 4.90 Å². The van der Waals surface area contributed by atoms with Gasteiger partial charge in [-0.05, 0) is 31.0 Å². The van der Waals surface area contributed by atoms with Crippen LogP contribution in [0.3, 0.4) is 0 Å². The molecule has 1 aromatic rings. The zero-order chi connectivity index (χ0) is 14.7. The summed E-state index contributed by atoms with van der Waals surface area (Å²) in [6.07, 6.45) is 5.59. The maximum Gasteiger partial charge on any atom is 0.0774 e. The fourth-order valence-electron chi connectivity index (χ4n) is 3.62. The van der Waals surface area contributed by atoms with Crippen LogP contribution in [0.5, 0.6) is 0 Å². The summed E-state index contributed by atoms with van der Waals surface area (Å²) >= 11 is 6.07. The number of β-amino-alcohol motifs (C(OH)–C–C–N with tert-alkyl or cyclic N) is 1. The number of hydrogen-bond donors (Lipinski definition) is 1. The molecule has 1 aliphatic carbocycles. The summed E-state index contributed by atoms with van der Waals surface area (Å²) in [5, 5.41) is 11.5. The molecule has 1 aliphatic heterocycles. The van der Waals surface area contributed by atoms with Crippen molar-refractivity contribution >= 4 is 17.3 Å². The van der Waals surface area contributed by atoms with Gasteiger partial charge in [0.15, 0.2) is 0 Å². The highest BCUT2D eigenvalue weighted by atomic mass is 35.5. The van der Waals surface area contributed by atoms with Gasteiger partial charge in [-0.3, -0.25) is 4.90 Å². The number of benzene rings is 1. The van der Waals surface area contributed by atoms with E-state index in [1.54, 1.807) is 0 Å². The predicted octanol–water partition coefficient (Wildman–Crippen LogP) is 3.16. The second-order valence-corrected chi connectivity index (χ2v) is 6.96. The first kappa shape index (κ1) is 15.1. The molecule has 0 aromatic heterocycles. The van der Waals surface area contributed by atoms with E-state index in [1.807, 2.05) is 18.2 Å². The van der Waals surface area contributed by atoms with E-state index in [-0.39, 0.29) is 0 Å². The monoisotopic (exact) mass is 308 g/mol. The summed E-state index contributed by atoms with van der Waals surface area (Å²) in [7, 11) is 0. The van der Waals surface area contributed by atoms with Crippen LogP contribution in [-0.4, -0.2) is 48.3 Å². The Balaban J connectivity index is 1.53. The van der Waals surface area contributed by atoms with E-state index in [0.717, 1.165) is 50.6 Å². The van der Waals surface area contributed by atoms with E-state index in [4.69, 9.17) is 11.6 Å². The smallest absolute Gasteiger partial charge is 0.0774 e. The Morgan fingerprint density at radius 1 is 1.05 bits per heavy atom. The van der Waals surface area contributed by atoms with Crippen LogP contribution in [0.1, 0.15) is 32.1 Å². The summed E-state index contributed by atoms with van der Waals surface area (Å²) in [4.78, 5) is 4.81. The molecule has 1 heterocycles. The molecule has 0 radical (unpaired) electrons. The van der Waals surface area contributed by atoms with Gasteiger partial charge in [-0.2, -0.15) is 0 Å². The number of anilines is 1. The highest BCUT2D eigenvalue weighted by Crippen LogP contribution is 2.29. The first-order chi connectivity index (χ1) is 10.1. The molecule has 0 amide bonds. The zero-order valence-corrected chi connectivity index (χ0v) is 13.4. The number of hydrogen-bond acceptors (Lipinski definition) is 3. The van der Waals surface area contributed by atoms with Crippen LogP contribution >= 0.6 is 11.6 Å². The lowest BCUT2D eigenvalue weighted by molar-refractivity contribution is -0.0271. The van der Waals surface area contributed by atoms with Gasteiger partial charge in [0, 0.05) is 43.4 Å². The van der Waals surface area contributed by atoms with Gasteiger partial charge in [0.25, 0.3) is 0 Å². The molecule has 0 bridgehead atoms. The Morgan fingerprint density at radius 3 is 2.43 bits per heavy atom. The third-order valence-corrected chi connectivity index (χ3v) is 5.08. The Kier molecular flexibility index (Phi) is 4.72. The quantitative estimate of drug-likeness (QED) is 0.929. The van der Waals surface area contributed by atoms with E-state index in [9.17, 15) is 5.11 Å². The minimum Gasteiger partial charge on any atom is -0.389 e. The molecule has 3 rings (SSSR count). The fourth-order valence-corrected chi connectivity index (χ4v) is 3.81. The molecule has 0 unspecified atom stereocenters. The van der Waals surface area contributed by atoms with Gasteiger partial charge in [0.2, 0.25) is 0 Å². The Hall–Kier alpha value is -0.770. The molecule has 1 N–H and O–H groups in total. The summed E-state index contributed by atoms with van der Waals surface area (Å²) in [6, 6.07) is 8.08. The number of nitrogens with zero attached hydrogens (tertiary/aromatic N) is 2. The van der Waals surface area contributed by atoms with Crippen LogP contribution in [0.4, 0.5) is 5.69 Å². The fraction of sp³-hybridized carbons (Fsp3) is 0.647. The second-order valence-electron chi connectivity index (χ2n) is 6.53. The maximum absolute atomic E-state index is 10.7. The highest BCUT2D eigenvalue weighted by molar-refractivity contribution is 6.30. The van der Waals surface area contributed by atoms with E-state index < -0.39 is 5.60 Å². The molecule has 1 saturated heterocycles. The van der Waals surface area contributed by atoms with Gasteiger partial charge in [0.1, 0.15) is 0 Å². The van der Waals surface area contributed by atoms with Gasteiger partial charge in [0.05, 0.1) is 5.60 Å². The Morgan fingerprint density at radius 2 is 1.76 bits per heavy atom. The predicted molar refractivity (Wildman–Crippen MR) is 88.1 cm³/mol. The average Bonchev–Trinajstić information content (AvgIpc) is 2.48. The largest absolute Gasteiger partial charge is 0.389 e. The third kappa shape index (κ3) is 3.91. The van der Waals surface area contributed by atoms with E-state index in [0.29, 0.717) is 0 Å². The van der Waals surface area contributed by atoms with E-state index in [2.05, 4.69) is 15.9 Å². The number of rotatable bonds is 3. The van der Waals surface area contributed by atoms with Crippen LogP contribution in [0, 0.1) is 0 Å².